The van der Waals surface area contributed by atoms with Crippen LogP contribution in [0.5, 0.6) is 5.75 Å². The number of imidazole rings is 1. The minimum absolute atomic E-state index is 0.112. The normalized spacial score (nSPS) is 10.7. The first-order valence-corrected chi connectivity index (χ1v) is 7.61. The van der Waals surface area contributed by atoms with Gasteiger partial charge in [-0.3, -0.25) is 9.78 Å². The summed E-state index contributed by atoms with van der Waals surface area (Å²) in [7, 11) is 0. The number of benzene rings is 1. The zero-order valence-corrected chi connectivity index (χ0v) is 13.1. The average molecular weight is 322 g/mol. The first-order chi connectivity index (χ1) is 11.6. The highest BCUT2D eigenvalue weighted by atomic mass is 16.3. The first-order valence-electron chi connectivity index (χ1n) is 7.61. The van der Waals surface area contributed by atoms with Crippen LogP contribution in [0.4, 0.5) is 0 Å². The van der Waals surface area contributed by atoms with Gasteiger partial charge in [0.2, 0.25) is 5.91 Å². The van der Waals surface area contributed by atoms with Gasteiger partial charge in [0, 0.05) is 24.9 Å². The number of nitrogens with zero attached hydrogens (tertiary/aromatic N) is 3. The molecule has 24 heavy (non-hydrogen) atoms. The van der Waals surface area contributed by atoms with E-state index in [-0.39, 0.29) is 12.2 Å². The zero-order chi connectivity index (χ0) is 16.9. The van der Waals surface area contributed by atoms with E-state index < -0.39 is 5.91 Å². The van der Waals surface area contributed by atoms with Crippen LogP contribution in [0.15, 0.2) is 55.0 Å². The molecule has 122 valence electrons. The number of aromatic nitrogens is 3. The third kappa shape index (κ3) is 3.78. The number of phenolic OH excluding ortho intramolecular Hbond substituents is 1. The van der Waals surface area contributed by atoms with Crippen LogP contribution in [-0.2, 0) is 24.2 Å². The van der Waals surface area contributed by atoms with Gasteiger partial charge in [-0.1, -0.05) is 18.2 Å². The molecule has 0 saturated carbocycles. The summed E-state index contributed by atoms with van der Waals surface area (Å²) in [5.41, 5.74) is 8.76. The maximum atomic E-state index is 11.5. The quantitative estimate of drug-likeness (QED) is 0.721. The molecular formula is C18H18N4O2. The van der Waals surface area contributed by atoms with Crippen molar-refractivity contribution < 1.29 is 9.90 Å². The minimum Gasteiger partial charge on any atom is -0.508 e. The number of carbonyl (C=O) groups excluding carboxylic acids is 1. The number of nitrogens with two attached hydrogens (primary N) is 1. The molecule has 0 unspecified atom stereocenters. The predicted molar refractivity (Wildman–Crippen MR) is 89.4 cm³/mol. The van der Waals surface area contributed by atoms with Gasteiger partial charge in [-0.05, 0) is 29.8 Å². The van der Waals surface area contributed by atoms with Crippen LogP contribution in [0.25, 0.3) is 0 Å². The third-order valence-corrected chi connectivity index (χ3v) is 3.71. The molecule has 0 aliphatic heterocycles. The van der Waals surface area contributed by atoms with Gasteiger partial charge >= 0.3 is 0 Å². The number of aromatic hydroxyl groups is 1. The number of hydrogen-bond donors (Lipinski definition) is 2. The molecule has 3 rings (SSSR count). The molecule has 1 amide bonds. The summed E-state index contributed by atoms with van der Waals surface area (Å²) in [4.78, 5) is 20.2. The number of primary amides is 1. The van der Waals surface area contributed by atoms with Crippen LogP contribution in [0.1, 0.15) is 22.6 Å². The Hall–Kier alpha value is -3.15. The van der Waals surface area contributed by atoms with Gasteiger partial charge in [0.25, 0.3) is 0 Å². The lowest BCUT2D eigenvalue weighted by molar-refractivity contribution is -0.117. The molecule has 0 radical (unpaired) electrons. The Morgan fingerprint density at radius 2 is 2.04 bits per heavy atom. The van der Waals surface area contributed by atoms with Crippen LogP contribution in [-0.4, -0.2) is 25.5 Å². The summed E-state index contributed by atoms with van der Waals surface area (Å²) < 4.78 is 1.89. The van der Waals surface area contributed by atoms with Crippen LogP contribution in [0.2, 0.25) is 0 Å². The molecular weight excluding hydrogens is 304 g/mol. The fourth-order valence-electron chi connectivity index (χ4n) is 2.63. The average Bonchev–Trinajstić information content (AvgIpc) is 2.90. The number of rotatable bonds is 6. The van der Waals surface area contributed by atoms with E-state index in [0.717, 1.165) is 22.6 Å². The Bertz CT molecular complexity index is 843. The number of amides is 1. The molecule has 0 spiro atoms. The molecule has 6 nitrogen and oxygen atoms in total. The van der Waals surface area contributed by atoms with Crippen LogP contribution in [0, 0.1) is 0 Å². The zero-order valence-electron chi connectivity index (χ0n) is 13.1. The predicted octanol–water partition coefficient (Wildman–Crippen LogP) is 1.65. The highest BCUT2D eigenvalue weighted by Gasteiger charge is 2.14. The third-order valence-electron chi connectivity index (χ3n) is 3.71. The smallest absolute Gasteiger partial charge is 0.223 e. The molecule has 2 heterocycles. The first kappa shape index (κ1) is 15.7. The van der Waals surface area contributed by atoms with Gasteiger partial charge in [0.15, 0.2) is 0 Å². The van der Waals surface area contributed by atoms with Crippen molar-refractivity contribution in [3.8, 4) is 5.75 Å². The van der Waals surface area contributed by atoms with Crippen molar-refractivity contribution in [3.05, 3.63) is 77.6 Å². The number of carbonyl (C=O) groups is 1. The topological polar surface area (TPSA) is 94.0 Å². The van der Waals surface area contributed by atoms with Gasteiger partial charge in [-0.25, -0.2) is 4.98 Å². The molecule has 2 aromatic heterocycles. The second kappa shape index (κ2) is 6.95. The molecule has 1 aromatic carbocycles. The van der Waals surface area contributed by atoms with Gasteiger partial charge in [-0.2, -0.15) is 0 Å². The van der Waals surface area contributed by atoms with Gasteiger partial charge in [0.05, 0.1) is 24.1 Å². The van der Waals surface area contributed by atoms with Crippen LogP contribution in [0.3, 0.4) is 0 Å². The van der Waals surface area contributed by atoms with E-state index in [1.807, 2.05) is 28.8 Å². The molecule has 0 atom stereocenters. The molecule has 0 saturated heterocycles. The van der Waals surface area contributed by atoms with E-state index >= 15 is 0 Å². The van der Waals surface area contributed by atoms with E-state index in [4.69, 9.17) is 5.73 Å². The van der Waals surface area contributed by atoms with Gasteiger partial charge < -0.3 is 15.4 Å². The summed E-state index contributed by atoms with van der Waals surface area (Å²) in [6, 6.07) is 12.7. The van der Waals surface area contributed by atoms with Crippen molar-refractivity contribution in [2.24, 2.45) is 5.73 Å². The summed E-state index contributed by atoms with van der Waals surface area (Å²) in [6.07, 6.45) is 4.07. The summed E-state index contributed by atoms with van der Waals surface area (Å²) in [6.45, 7) is 0.506. The fraction of sp³-hybridized carbons (Fsp3) is 0.167. The number of hydrogen-bond acceptors (Lipinski definition) is 4. The molecule has 0 fully saturated rings. The van der Waals surface area contributed by atoms with Crippen molar-refractivity contribution in [2.45, 2.75) is 19.4 Å². The lowest BCUT2D eigenvalue weighted by Crippen LogP contribution is -2.18. The van der Waals surface area contributed by atoms with Crippen molar-refractivity contribution in [2.75, 3.05) is 0 Å². The number of pyridine rings is 1. The summed E-state index contributed by atoms with van der Waals surface area (Å²) in [5.74, 6) is -0.201. The monoisotopic (exact) mass is 322 g/mol. The second-order valence-electron chi connectivity index (χ2n) is 5.58. The van der Waals surface area contributed by atoms with E-state index in [0.29, 0.717) is 13.0 Å². The van der Waals surface area contributed by atoms with Crippen molar-refractivity contribution in [1.29, 1.82) is 0 Å². The summed E-state index contributed by atoms with van der Waals surface area (Å²) >= 11 is 0. The molecule has 3 N–H and O–H groups in total. The Balaban J connectivity index is 1.90. The Morgan fingerprint density at radius 3 is 2.75 bits per heavy atom. The lowest BCUT2D eigenvalue weighted by atomic mass is 10.1. The molecule has 6 heteroatoms. The van der Waals surface area contributed by atoms with Crippen molar-refractivity contribution >= 4 is 5.91 Å². The fourth-order valence-corrected chi connectivity index (χ4v) is 2.63. The van der Waals surface area contributed by atoms with E-state index in [9.17, 15) is 9.90 Å². The Kier molecular flexibility index (Phi) is 4.56. The highest BCUT2D eigenvalue weighted by molar-refractivity contribution is 5.76. The highest BCUT2D eigenvalue weighted by Crippen LogP contribution is 2.17. The van der Waals surface area contributed by atoms with Crippen LogP contribution >= 0.6 is 0 Å². The molecule has 0 aliphatic carbocycles. The van der Waals surface area contributed by atoms with Crippen molar-refractivity contribution in [1.82, 2.24) is 14.5 Å². The largest absolute Gasteiger partial charge is 0.508 e. The van der Waals surface area contributed by atoms with Gasteiger partial charge in [-0.15, -0.1) is 0 Å². The van der Waals surface area contributed by atoms with E-state index in [1.165, 1.54) is 0 Å². The SMILES string of the molecule is NC(=O)Cc1c(Cc2ccccn2)ncn1Cc1cccc(O)c1. The maximum Gasteiger partial charge on any atom is 0.223 e. The number of phenols is 1. The summed E-state index contributed by atoms with van der Waals surface area (Å²) in [5, 5.41) is 9.60. The van der Waals surface area contributed by atoms with Gasteiger partial charge in [0.1, 0.15) is 5.75 Å². The van der Waals surface area contributed by atoms with E-state index in [2.05, 4.69) is 9.97 Å². The molecule has 3 aromatic rings. The standard InChI is InChI=1S/C18H18N4O2/c19-18(24)10-17-16(9-14-5-1-2-7-20-14)21-12-22(17)11-13-4-3-6-15(23)8-13/h1-8,12,23H,9-11H2,(H2,19,24). The Morgan fingerprint density at radius 1 is 1.17 bits per heavy atom. The maximum absolute atomic E-state index is 11.5. The Labute approximate surface area is 139 Å². The second-order valence-corrected chi connectivity index (χ2v) is 5.58. The molecule has 0 bridgehead atoms. The minimum atomic E-state index is -0.407. The lowest BCUT2D eigenvalue weighted by Gasteiger charge is -2.09. The van der Waals surface area contributed by atoms with E-state index in [1.54, 1.807) is 30.7 Å². The molecule has 0 aliphatic rings. The van der Waals surface area contributed by atoms with Crippen LogP contribution < -0.4 is 5.73 Å². The van der Waals surface area contributed by atoms with Crippen molar-refractivity contribution in [3.63, 3.8) is 0 Å².